The quantitative estimate of drug-likeness (QED) is 0.844. The normalized spacial score (nSPS) is 31.2. The Bertz CT molecular complexity index is 761. The Balaban J connectivity index is 1.29. The molecule has 4 atom stereocenters. The smallest absolute Gasteiger partial charge is 0.0777 e. The van der Waals surface area contributed by atoms with E-state index in [1.54, 1.807) is 0 Å². The molecule has 0 spiro atoms. The van der Waals surface area contributed by atoms with Crippen molar-refractivity contribution in [3.63, 3.8) is 0 Å². The van der Waals surface area contributed by atoms with E-state index in [1.807, 2.05) is 0 Å². The number of aliphatic hydroxyl groups is 2. The second-order valence-electron chi connectivity index (χ2n) is 8.61. The van der Waals surface area contributed by atoms with Crippen LogP contribution in [0.2, 0.25) is 0 Å². The lowest BCUT2D eigenvalue weighted by Crippen LogP contribution is -2.43. The molecule has 1 aliphatic heterocycles. The molecular formula is C24H30N2O2. The zero-order chi connectivity index (χ0) is 19.1. The predicted octanol–water partition coefficient (Wildman–Crippen LogP) is 2.70. The lowest BCUT2D eigenvalue weighted by molar-refractivity contribution is 0.0256. The number of benzene rings is 2. The minimum atomic E-state index is -0.295. The molecule has 2 aliphatic carbocycles. The maximum atomic E-state index is 10.7. The maximum absolute atomic E-state index is 10.7. The minimum Gasteiger partial charge on any atom is -0.391 e. The van der Waals surface area contributed by atoms with E-state index in [-0.39, 0.29) is 24.3 Å². The number of fused-ring (bicyclic) bond motifs is 2. The summed E-state index contributed by atoms with van der Waals surface area (Å²) < 4.78 is 0. The Labute approximate surface area is 167 Å². The second-order valence-corrected chi connectivity index (χ2v) is 8.61. The highest BCUT2D eigenvalue weighted by molar-refractivity contribution is 5.37. The van der Waals surface area contributed by atoms with Gasteiger partial charge in [0.25, 0.3) is 0 Å². The Hall–Kier alpha value is -1.72. The fourth-order valence-electron chi connectivity index (χ4n) is 5.72. The second kappa shape index (κ2) is 7.60. The molecule has 0 amide bonds. The van der Waals surface area contributed by atoms with Crippen molar-refractivity contribution in [2.45, 2.75) is 50.0 Å². The van der Waals surface area contributed by atoms with Gasteiger partial charge in [-0.05, 0) is 35.1 Å². The molecule has 0 saturated carbocycles. The summed E-state index contributed by atoms with van der Waals surface area (Å²) in [6, 6.07) is 17.3. The topological polar surface area (TPSA) is 46.9 Å². The molecule has 148 valence electrons. The standard InChI is InChI=1S/C24H30N2O2/c27-21-15-17-7-1-3-9-19(17)23(21)25-11-5-13-26(14-6-12-25)24-20-10-4-2-8-18(20)16-22(24)28/h1-4,7-10,21-24,27-28H,5-6,11-16H2/t21-,22-,23+,24+/m1/s1. The minimum absolute atomic E-state index is 0.139. The highest BCUT2D eigenvalue weighted by Gasteiger charge is 2.38. The van der Waals surface area contributed by atoms with Crippen LogP contribution >= 0.6 is 0 Å². The molecule has 4 nitrogen and oxygen atoms in total. The van der Waals surface area contributed by atoms with Crippen LogP contribution in [-0.2, 0) is 12.8 Å². The molecule has 0 radical (unpaired) electrons. The molecule has 2 N–H and O–H groups in total. The van der Waals surface area contributed by atoms with Crippen LogP contribution in [0, 0.1) is 0 Å². The van der Waals surface area contributed by atoms with Crippen LogP contribution in [0.5, 0.6) is 0 Å². The third-order valence-electron chi connectivity index (χ3n) is 6.90. The van der Waals surface area contributed by atoms with Crippen LogP contribution in [0.4, 0.5) is 0 Å². The molecule has 0 aromatic heterocycles. The number of aliphatic hydroxyl groups excluding tert-OH is 2. The molecule has 2 aromatic rings. The molecule has 5 rings (SSSR count). The van der Waals surface area contributed by atoms with E-state index in [2.05, 4.69) is 58.3 Å². The summed E-state index contributed by atoms with van der Waals surface area (Å²) in [4.78, 5) is 4.99. The van der Waals surface area contributed by atoms with Crippen LogP contribution < -0.4 is 0 Å². The Morgan fingerprint density at radius 3 is 1.43 bits per heavy atom. The first kappa shape index (κ1) is 18.3. The Morgan fingerprint density at radius 2 is 1.00 bits per heavy atom. The first-order valence-corrected chi connectivity index (χ1v) is 10.7. The van der Waals surface area contributed by atoms with Gasteiger partial charge in [-0.15, -0.1) is 0 Å². The molecule has 28 heavy (non-hydrogen) atoms. The first-order valence-electron chi connectivity index (χ1n) is 10.7. The SMILES string of the molecule is O[C@@H]1Cc2ccccc2[C@@H]1N1CCCN([C@H]2c3ccccc3C[C@H]2O)CCC1. The summed E-state index contributed by atoms with van der Waals surface area (Å²) >= 11 is 0. The fraction of sp³-hybridized carbons (Fsp3) is 0.500. The van der Waals surface area contributed by atoms with Gasteiger partial charge in [-0.3, -0.25) is 9.80 Å². The average molecular weight is 379 g/mol. The van der Waals surface area contributed by atoms with Gasteiger partial charge in [-0.25, -0.2) is 0 Å². The van der Waals surface area contributed by atoms with Gasteiger partial charge in [-0.2, -0.15) is 0 Å². The van der Waals surface area contributed by atoms with Gasteiger partial charge in [0.05, 0.1) is 24.3 Å². The summed E-state index contributed by atoms with van der Waals surface area (Å²) in [6.45, 7) is 3.99. The molecule has 1 fully saturated rings. The molecule has 1 heterocycles. The monoisotopic (exact) mass is 378 g/mol. The molecular weight excluding hydrogens is 348 g/mol. The maximum Gasteiger partial charge on any atom is 0.0777 e. The van der Waals surface area contributed by atoms with E-state index >= 15 is 0 Å². The number of nitrogens with zero attached hydrogens (tertiary/aromatic N) is 2. The van der Waals surface area contributed by atoms with Gasteiger partial charge < -0.3 is 10.2 Å². The fourth-order valence-corrected chi connectivity index (χ4v) is 5.72. The Morgan fingerprint density at radius 1 is 0.607 bits per heavy atom. The third kappa shape index (κ3) is 3.18. The summed E-state index contributed by atoms with van der Waals surface area (Å²) in [5.74, 6) is 0. The van der Waals surface area contributed by atoms with E-state index < -0.39 is 0 Å². The number of rotatable bonds is 2. The van der Waals surface area contributed by atoms with Crippen molar-refractivity contribution >= 4 is 0 Å². The van der Waals surface area contributed by atoms with Crippen molar-refractivity contribution in [1.29, 1.82) is 0 Å². The van der Waals surface area contributed by atoms with E-state index in [0.29, 0.717) is 0 Å². The number of hydrogen-bond acceptors (Lipinski definition) is 4. The molecule has 0 bridgehead atoms. The van der Waals surface area contributed by atoms with Gasteiger partial charge in [0.2, 0.25) is 0 Å². The van der Waals surface area contributed by atoms with E-state index in [1.165, 1.54) is 22.3 Å². The van der Waals surface area contributed by atoms with Crippen molar-refractivity contribution < 1.29 is 10.2 Å². The molecule has 0 unspecified atom stereocenters. The van der Waals surface area contributed by atoms with Crippen LogP contribution in [0.3, 0.4) is 0 Å². The average Bonchev–Trinajstić information content (AvgIpc) is 3.18. The Kier molecular flexibility index (Phi) is 4.97. The van der Waals surface area contributed by atoms with Crippen LogP contribution in [0.1, 0.15) is 47.2 Å². The summed E-state index contributed by atoms with van der Waals surface area (Å²) in [5.41, 5.74) is 5.23. The highest BCUT2D eigenvalue weighted by Crippen LogP contribution is 2.38. The largest absolute Gasteiger partial charge is 0.391 e. The van der Waals surface area contributed by atoms with Crippen LogP contribution in [-0.4, -0.2) is 58.4 Å². The van der Waals surface area contributed by atoms with Gasteiger partial charge in [0.1, 0.15) is 0 Å². The molecule has 4 heteroatoms. The van der Waals surface area contributed by atoms with E-state index in [0.717, 1.165) is 51.9 Å². The highest BCUT2D eigenvalue weighted by atomic mass is 16.3. The summed E-state index contributed by atoms with van der Waals surface area (Å²) in [6.07, 6.45) is 3.09. The molecule has 1 saturated heterocycles. The van der Waals surface area contributed by atoms with E-state index in [9.17, 15) is 10.2 Å². The van der Waals surface area contributed by atoms with Gasteiger partial charge in [-0.1, -0.05) is 48.5 Å². The summed E-state index contributed by atoms with van der Waals surface area (Å²) in [7, 11) is 0. The van der Waals surface area contributed by atoms with Crippen LogP contribution in [0.25, 0.3) is 0 Å². The number of hydrogen-bond donors (Lipinski definition) is 2. The van der Waals surface area contributed by atoms with Gasteiger partial charge >= 0.3 is 0 Å². The first-order chi connectivity index (χ1) is 13.7. The van der Waals surface area contributed by atoms with Crippen molar-refractivity contribution in [3.05, 3.63) is 70.8 Å². The van der Waals surface area contributed by atoms with Crippen molar-refractivity contribution in [2.24, 2.45) is 0 Å². The molecule has 2 aromatic carbocycles. The third-order valence-corrected chi connectivity index (χ3v) is 6.90. The van der Waals surface area contributed by atoms with Crippen molar-refractivity contribution in [3.8, 4) is 0 Å². The lowest BCUT2D eigenvalue weighted by atomic mass is 10.0. The van der Waals surface area contributed by atoms with Crippen molar-refractivity contribution in [1.82, 2.24) is 9.80 Å². The summed E-state index contributed by atoms with van der Waals surface area (Å²) in [5, 5.41) is 21.4. The van der Waals surface area contributed by atoms with Crippen molar-refractivity contribution in [2.75, 3.05) is 26.2 Å². The molecule has 3 aliphatic rings. The zero-order valence-corrected chi connectivity index (χ0v) is 16.4. The van der Waals surface area contributed by atoms with Crippen LogP contribution in [0.15, 0.2) is 48.5 Å². The lowest BCUT2D eigenvalue weighted by Gasteiger charge is -2.38. The predicted molar refractivity (Wildman–Crippen MR) is 110 cm³/mol. The van der Waals surface area contributed by atoms with E-state index in [4.69, 9.17) is 0 Å². The van der Waals surface area contributed by atoms with Gasteiger partial charge in [0.15, 0.2) is 0 Å². The van der Waals surface area contributed by atoms with Gasteiger partial charge in [0, 0.05) is 39.0 Å². The zero-order valence-electron chi connectivity index (χ0n) is 16.4.